The number of nitrogens with one attached hydrogen (secondary N) is 2. The Balaban J connectivity index is 1.70. The van der Waals surface area contributed by atoms with Gasteiger partial charge in [-0.1, -0.05) is 10.4 Å². The molecule has 0 aliphatic rings. The molecule has 3 aromatic heterocycles. The number of aromatic amines is 1. The van der Waals surface area contributed by atoms with Crippen molar-refractivity contribution in [1.29, 1.82) is 0 Å². The number of hydrogen-bond acceptors (Lipinski definition) is 7. The molecular formula is C11H8F3N7O. The molecule has 3 heterocycles. The van der Waals surface area contributed by atoms with Crippen LogP contribution in [0.4, 0.5) is 19.0 Å². The largest absolute Gasteiger partial charge is 0.471 e. The Morgan fingerprint density at radius 3 is 2.73 bits per heavy atom. The number of alkyl halides is 3. The molecule has 11 heteroatoms. The fraction of sp³-hybridized carbons (Fsp3) is 0.182. The fourth-order valence-electron chi connectivity index (χ4n) is 1.59. The number of pyridine rings is 1. The van der Waals surface area contributed by atoms with Crippen LogP contribution in [-0.2, 0) is 12.7 Å². The summed E-state index contributed by atoms with van der Waals surface area (Å²) < 4.78 is 41.3. The lowest BCUT2D eigenvalue weighted by atomic mass is 10.2. The third-order valence-electron chi connectivity index (χ3n) is 2.62. The van der Waals surface area contributed by atoms with Crippen molar-refractivity contribution in [2.75, 3.05) is 5.32 Å². The van der Waals surface area contributed by atoms with E-state index in [1.54, 1.807) is 18.3 Å². The van der Waals surface area contributed by atoms with Gasteiger partial charge in [0.25, 0.3) is 0 Å². The monoisotopic (exact) mass is 311 g/mol. The number of H-pyrrole nitrogens is 1. The molecule has 114 valence electrons. The molecule has 0 aromatic carbocycles. The highest BCUT2D eigenvalue weighted by atomic mass is 19.4. The maximum absolute atomic E-state index is 12.4. The quantitative estimate of drug-likeness (QED) is 0.757. The van der Waals surface area contributed by atoms with Crippen LogP contribution in [0.1, 0.15) is 11.6 Å². The Morgan fingerprint density at radius 2 is 2.14 bits per heavy atom. The molecule has 22 heavy (non-hydrogen) atoms. The van der Waals surface area contributed by atoms with Gasteiger partial charge in [0.05, 0.1) is 18.4 Å². The molecule has 0 atom stereocenters. The minimum Gasteiger partial charge on any atom is -0.362 e. The molecule has 0 saturated heterocycles. The lowest BCUT2D eigenvalue weighted by Crippen LogP contribution is -2.05. The van der Waals surface area contributed by atoms with Crippen molar-refractivity contribution in [2.24, 2.45) is 0 Å². The molecule has 0 fully saturated rings. The highest BCUT2D eigenvalue weighted by molar-refractivity contribution is 5.52. The lowest BCUT2D eigenvalue weighted by Gasteiger charge is -2.02. The van der Waals surface area contributed by atoms with Crippen molar-refractivity contribution >= 4 is 5.82 Å². The molecule has 0 amide bonds. The second-order valence-electron chi connectivity index (χ2n) is 4.17. The summed E-state index contributed by atoms with van der Waals surface area (Å²) in [5.74, 6) is -1.01. The predicted octanol–water partition coefficient (Wildman–Crippen LogP) is 1.88. The van der Waals surface area contributed by atoms with E-state index < -0.39 is 12.1 Å². The third-order valence-corrected chi connectivity index (χ3v) is 2.62. The number of rotatable bonds is 4. The van der Waals surface area contributed by atoms with Gasteiger partial charge < -0.3 is 9.84 Å². The van der Waals surface area contributed by atoms with Crippen molar-refractivity contribution in [3.8, 4) is 11.4 Å². The molecule has 2 N–H and O–H groups in total. The first-order valence-corrected chi connectivity index (χ1v) is 5.99. The summed E-state index contributed by atoms with van der Waals surface area (Å²) in [4.78, 5) is 7.39. The van der Waals surface area contributed by atoms with E-state index in [1.165, 1.54) is 6.20 Å². The molecule has 0 bridgehead atoms. The van der Waals surface area contributed by atoms with E-state index in [-0.39, 0.29) is 5.82 Å². The number of aromatic nitrogens is 6. The molecule has 0 aliphatic heterocycles. The highest BCUT2D eigenvalue weighted by Gasteiger charge is 2.38. The van der Waals surface area contributed by atoms with Gasteiger partial charge >= 0.3 is 12.1 Å². The minimum absolute atomic E-state index is 0.171. The van der Waals surface area contributed by atoms with Crippen LogP contribution in [0.15, 0.2) is 29.0 Å². The molecule has 3 aromatic rings. The van der Waals surface area contributed by atoms with E-state index in [9.17, 15) is 13.2 Å². The average molecular weight is 311 g/mol. The predicted molar refractivity (Wildman–Crippen MR) is 66.2 cm³/mol. The second-order valence-corrected chi connectivity index (χ2v) is 4.17. The summed E-state index contributed by atoms with van der Waals surface area (Å²) in [6.45, 7) is 0.382. The van der Waals surface area contributed by atoms with Crippen molar-refractivity contribution in [1.82, 2.24) is 30.5 Å². The molecule has 0 saturated carbocycles. The first-order chi connectivity index (χ1) is 10.5. The van der Waals surface area contributed by atoms with Crippen LogP contribution in [-0.4, -0.2) is 30.5 Å². The van der Waals surface area contributed by atoms with E-state index >= 15 is 0 Å². The molecule has 0 unspecified atom stereocenters. The standard InChI is InChI=1S/C11H8F3N7O/c12-11(13,14)10-18-9(20-22-10)6-1-2-7(15-3-6)4-16-8-5-17-21-19-8/h1-3,5H,4H2,(H2,16,17,19,21). The molecular weight excluding hydrogens is 303 g/mol. The van der Waals surface area contributed by atoms with Gasteiger partial charge in [-0.2, -0.15) is 18.2 Å². The highest BCUT2D eigenvalue weighted by Crippen LogP contribution is 2.29. The number of hydrogen-bond donors (Lipinski definition) is 2. The second kappa shape index (κ2) is 5.42. The van der Waals surface area contributed by atoms with Crippen LogP contribution >= 0.6 is 0 Å². The van der Waals surface area contributed by atoms with E-state index in [1.807, 2.05) is 0 Å². The molecule has 0 spiro atoms. The van der Waals surface area contributed by atoms with Gasteiger partial charge in [0.15, 0.2) is 5.82 Å². The Bertz CT molecular complexity index is 736. The average Bonchev–Trinajstić information content (AvgIpc) is 3.16. The normalized spacial score (nSPS) is 11.6. The summed E-state index contributed by atoms with van der Waals surface area (Å²) >= 11 is 0. The van der Waals surface area contributed by atoms with E-state index in [4.69, 9.17) is 0 Å². The molecule has 0 aliphatic carbocycles. The van der Waals surface area contributed by atoms with Gasteiger partial charge in [-0.05, 0) is 12.1 Å². The first-order valence-electron chi connectivity index (χ1n) is 5.99. The SMILES string of the molecule is FC(F)(F)c1nc(-c2ccc(CNc3c[nH]nn3)nc2)no1. The number of nitrogens with zero attached hydrogens (tertiary/aromatic N) is 5. The summed E-state index contributed by atoms with van der Waals surface area (Å²) in [5.41, 5.74) is 0.982. The van der Waals surface area contributed by atoms with Gasteiger partial charge in [-0.25, -0.2) is 0 Å². The summed E-state index contributed by atoms with van der Waals surface area (Å²) in [6, 6.07) is 3.18. The van der Waals surface area contributed by atoms with Crippen LogP contribution in [0, 0.1) is 0 Å². The van der Waals surface area contributed by atoms with Crippen LogP contribution < -0.4 is 5.32 Å². The topological polar surface area (TPSA) is 105 Å². The van der Waals surface area contributed by atoms with Crippen molar-refractivity contribution in [2.45, 2.75) is 12.7 Å². The van der Waals surface area contributed by atoms with Crippen molar-refractivity contribution in [3.63, 3.8) is 0 Å². The number of halogens is 3. The minimum atomic E-state index is -4.67. The van der Waals surface area contributed by atoms with Crippen LogP contribution in [0.2, 0.25) is 0 Å². The smallest absolute Gasteiger partial charge is 0.362 e. The van der Waals surface area contributed by atoms with E-state index in [0.29, 0.717) is 23.6 Å². The zero-order chi connectivity index (χ0) is 15.6. The van der Waals surface area contributed by atoms with Crippen molar-refractivity contribution in [3.05, 3.63) is 36.1 Å². The van der Waals surface area contributed by atoms with Gasteiger partial charge in [0.1, 0.15) is 0 Å². The Kier molecular flexibility index (Phi) is 3.45. The van der Waals surface area contributed by atoms with Gasteiger partial charge in [-0.15, -0.1) is 5.10 Å². The summed E-state index contributed by atoms with van der Waals surface area (Å²) in [7, 11) is 0. The fourth-order valence-corrected chi connectivity index (χ4v) is 1.59. The third kappa shape index (κ3) is 3.02. The lowest BCUT2D eigenvalue weighted by molar-refractivity contribution is -0.159. The van der Waals surface area contributed by atoms with E-state index in [2.05, 4.69) is 40.4 Å². The van der Waals surface area contributed by atoms with Gasteiger partial charge in [0.2, 0.25) is 5.82 Å². The summed E-state index contributed by atoms with van der Waals surface area (Å²) in [5, 5.41) is 16.1. The Morgan fingerprint density at radius 1 is 1.27 bits per heavy atom. The Hall–Kier alpha value is -2.98. The zero-order valence-corrected chi connectivity index (χ0v) is 10.8. The van der Waals surface area contributed by atoms with Crippen LogP contribution in [0.25, 0.3) is 11.4 Å². The maximum Gasteiger partial charge on any atom is 0.471 e. The first kappa shape index (κ1) is 14.0. The molecule has 8 nitrogen and oxygen atoms in total. The van der Waals surface area contributed by atoms with Crippen molar-refractivity contribution < 1.29 is 17.7 Å². The van der Waals surface area contributed by atoms with Crippen LogP contribution in [0.5, 0.6) is 0 Å². The summed E-state index contributed by atoms with van der Waals surface area (Å²) in [6.07, 6.45) is -1.72. The maximum atomic E-state index is 12.4. The molecule has 3 rings (SSSR count). The van der Waals surface area contributed by atoms with Gasteiger partial charge in [-0.3, -0.25) is 10.1 Å². The van der Waals surface area contributed by atoms with Gasteiger partial charge in [0, 0.05) is 11.8 Å². The zero-order valence-electron chi connectivity index (χ0n) is 10.8. The molecule has 0 radical (unpaired) electrons. The van der Waals surface area contributed by atoms with Crippen LogP contribution in [0.3, 0.4) is 0 Å². The Labute approximate surface area is 120 Å². The number of anilines is 1. The van der Waals surface area contributed by atoms with E-state index in [0.717, 1.165) is 0 Å².